The van der Waals surface area contributed by atoms with Crippen LogP contribution in [0.15, 0.2) is 199 Å². The van der Waals surface area contributed by atoms with E-state index < -0.39 is 0 Å². The van der Waals surface area contributed by atoms with Gasteiger partial charge in [-0.2, -0.15) is 0 Å². The third-order valence-corrected chi connectivity index (χ3v) is 10.6. The molecule has 0 radical (unpaired) electrons. The van der Waals surface area contributed by atoms with E-state index in [1.165, 1.54) is 11.1 Å². The van der Waals surface area contributed by atoms with E-state index in [-0.39, 0.29) is 0 Å². The van der Waals surface area contributed by atoms with Crippen LogP contribution in [0.1, 0.15) is 0 Å². The molecule has 0 saturated carbocycles. The Bertz CT molecular complexity index is 3190. The lowest BCUT2D eigenvalue weighted by Gasteiger charge is -2.25. The Morgan fingerprint density at radius 3 is 1.84 bits per heavy atom. The van der Waals surface area contributed by atoms with E-state index in [4.69, 9.17) is 14.4 Å². The minimum atomic E-state index is 0.677. The van der Waals surface area contributed by atoms with Crippen molar-refractivity contribution in [1.29, 1.82) is 0 Å². The SMILES string of the molecule is c1ccc(-c2ccc(N(c3ccccc3)c3cccc4c3oc3c5ccccc5c(-c5ncc6c(n5)c5ccccc5n6-c5ccccc5)cc43)cc2)cc1. The first-order chi connectivity index (χ1) is 27.3. The molecule has 0 bridgehead atoms. The lowest BCUT2D eigenvalue weighted by atomic mass is 9.99. The highest BCUT2D eigenvalue weighted by atomic mass is 16.3. The van der Waals surface area contributed by atoms with Gasteiger partial charge in [0.1, 0.15) is 11.1 Å². The molecule has 0 aliphatic carbocycles. The van der Waals surface area contributed by atoms with Crippen LogP contribution in [0.25, 0.3) is 82.8 Å². The molecule has 8 aromatic carbocycles. The fourth-order valence-corrected chi connectivity index (χ4v) is 8.12. The molecular formula is C50H32N4O. The lowest BCUT2D eigenvalue weighted by molar-refractivity contribution is 0.673. The van der Waals surface area contributed by atoms with Crippen LogP contribution in [0, 0.1) is 0 Å². The molecule has 0 N–H and O–H groups in total. The monoisotopic (exact) mass is 704 g/mol. The number of fused-ring (bicyclic) bond motifs is 8. The van der Waals surface area contributed by atoms with Crippen molar-refractivity contribution in [3.63, 3.8) is 0 Å². The molecule has 11 aromatic rings. The summed E-state index contributed by atoms with van der Waals surface area (Å²) in [5.74, 6) is 0.677. The van der Waals surface area contributed by atoms with Gasteiger partial charge in [-0.15, -0.1) is 0 Å². The van der Waals surface area contributed by atoms with Crippen molar-refractivity contribution in [2.45, 2.75) is 0 Å². The van der Waals surface area contributed by atoms with E-state index in [9.17, 15) is 0 Å². The maximum atomic E-state index is 7.00. The summed E-state index contributed by atoms with van der Waals surface area (Å²) >= 11 is 0. The third kappa shape index (κ3) is 5.02. The van der Waals surface area contributed by atoms with Gasteiger partial charge in [-0.25, -0.2) is 9.97 Å². The molecule has 0 saturated heterocycles. The van der Waals surface area contributed by atoms with Crippen LogP contribution in [0.4, 0.5) is 17.1 Å². The van der Waals surface area contributed by atoms with E-state index in [2.05, 4.69) is 185 Å². The van der Waals surface area contributed by atoms with Crippen LogP contribution in [-0.2, 0) is 0 Å². The summed E-state index contributed by atoms with van der Waals surface area (Å²) in [6.45, 7) is 0. The van der Waals surface area contributed by atoms with Gasteiger partial charge in [0.15, 0.2) is 11.4 Å². The van der Waals surface area contributed by atoms with Gasteiger partial charge in [-0.3, -0.25) is 0 Å². The molecule has 55 heavy (non-hydrogen) atoms. The maximum absolute atomic E-state index is 7.00. The van der Waals surface area contributed by atoms with Crippen LogP contribution >= 0.6 is 0 Å². The van der Waals surface area contributed by atoms with Gasteiger partial charge < -0.3 is 13.9 Å². The molecule has 0 unspecified atom stereocenters. The highest BCUT2D eigenvalue weighted by Gasteiger charge is 2.23. The lowest BCUT2D eigenvalue weighted by Crippen LogP contribution is -2.10. The van der Waals surface area contributed by atoms with E-state index in [1.807, 2.05) is 18.3 Å². The highest BCUT2D eigenvalue weighted by molar-refractivity contribution is 6.21. The van der Waals surface area contributed by atoms with Crippen molar-refractivity contribution in [2.24, 2.45) is 0 Å². The minimum absolute atomic E-state index is 0.677. The quantitative estimate of drug-likeness (QED) is 0.173. The van der Waals surface area contributed by atoms with Crippen LogP contribution in [0.5, 0.6) is 0 Å². The second-order valence-corrected chi connectivity index (χ2v) is 13.8. The molecule has 11 rings (SSSR count). The summed E-state index contributed by atoms with van der Waals surface area (Å²) in [4.78, 5) is 12.7. The summed E-state index contributed by atoms with van der Waals surface area (Å²) in [6.07, 6.45) is 1.97. The first-order valence-electron chi connectivity index (χ1n) is 18.5. The molecule has 0 amide bonds. The number of benzene rings is 8. The first kappa shape index (κ1) is 31.1. The third-order valence-electron chi connectivity index (χ3n) is 10.6. The number of anilines is 3. The van der Waals surface area contributed by atoms with E-state index in [0.717, 1.165) is 83.0 Å². The number of aromatic nitrogens is 3. The van der Waals surface area contributed by atoms with Gasteiger partial charge in [0.25, 0.3) is 0 Å². The second-order valence-electron chi connectivity index (χ2n) is 13.8. The maximum Gasteiger partial charge on any atom is 0.160 e. The molecule has 258 valence electrons. The van der Waals surface area contributed by atoms with E-state index in [0.29, 0.717) is 5.82 Å². The standard InChI is InChI=1S/C50H32N4O/c1-4-15-33(16-5-1)34-27-29-37(30-28-34)53(35-17-6-2-7-18-35)45-26-14-24-40-42-31-43(38-21-10-11-22-39(38)48(42)55-49(40)45)50-51-32-46-47(52-50)41-23-12-13-25-44(41)54(46)36-19-8-3-9-20-36/h1-32H. The molecule has 3 heterocycles. The van der Waals surface area contributed by atoms with Crippen LogP contribution < -0.4 is 4.90 Å². The van der Waals surface area contributed by atoms with Crippen LogP contribution in [0.2, 0.25) is 0 Å². The average Bonchev–Trinajstić information content (AvgIpc) is 3.81. The van der Waals surface area contributed by atoms with Gasteiger partial charge in [-0.05, 0) is 71.1 Å². The van der Waals surface area contributed by atoms with Crippen molar-refractivity contribution < 1.29 is 4.42 Å². The Labute approximate surface area is 317 Å². The molecule has 5 heteroatoms. The first-order valence-corrected chi connectivity index (χ1v) is 18.5. The highest BCUT2D eigenvalue weighted by Crippen LogP contribution is 2.45. The number of furan rings is 1. The van der Waals surface area contributed by atoms with Gasteiger partial charge in [0.2, 0.25) is 0 Å². The normalized spacial score (nSPS) is 11.6. The van der Waals surface area contributed by atoms with Crippen molar-refractivity contribution in [1.82, 2.24) is 14.5 Å². The van der Waals surface area contributed by atoms with E-state index >= 15 is 0 Å². The zero-order chi connectivity index (χ0) is 36.3. The zero-order valence-corrected chi connectivity index (χ0v) is 29.7. The average molecular weight is 705 g/mol. The number of nitrogens with zero attached hydrogens (tertiary/aromatic N) is 4. The summed E-state index contributed by atoms with van der Waals surface area (Å²) in [5.41, 5.74) is 12.1. The molecule has 3 aromatic heterocycles. The summed E-state index contributed by atoms with van der Waals surface area (Å²) in [5, 5.41) is 5.20. The van der Waals surface area contributed by atoms with Crippen molar-refractivity contribution in [3.05, 3.63) is 194 Å². The van der Waals surface area contributed by atoms with Gasteiger partial charge in [0, 0.05) is 44.2 Å². The predicted molar refractivity (Wildman–Crippen MR) is 227 cm³/mol. The number of rotatable bonds is 6. The van der Waals surface area contributed by atoms with Gasteiger partial charge >= 0.3 is 0 Å². The fourth-order valence-electron chi connectivity index (χ4n) is 8.12. The van der Waals surface area contributed by atoms with Crippen molar-refractivity contribution >= 4 is 71.7 Å². The number of para-hydroxylation sites is 4. The summed E-state index contributed by atoms with van der Waals surface area (Å²) < 4.78 is 9.24. The Kier molecular flexibility index (Phi) is 7.10. The number of hydrogen-bond acceptors (Lipinski definition) is 4. The Morgan fingerprint density at radius 1 is 0.455 bits per heavy atom. The van der Waals surface area contributed by atoms with Gasteiger partial charge in [-0.1, -0.05) is 133 Å². The topological polar surface area (TPSA) is 47.1 Å². The summed E-state index contributed by atoms with van der Waals surface area (Å²) in [7, 11) is 0. The largest absolute Gasteiger partial charge is 0.453 e. The molecule has 0 atom stereocenters. The molecule has 0 fully saturated rings. The minimum Gasteiger partial charge on any atom is -0.453 e. The van der Waals surface area contributed by atoms with Crippen molar-refractivity contribution in [2.75, 3.05) is 4.90 Å². The second kappa shape index (κ2) is 12.6. The molecule has 0 spiro atoms. The smallest absolute Gasteiger partial charge is 0.160 e. The molecule has 0 aliphatic heterocycles. The Hall–Kier alpha value is -7.50. The van der Waals surface area contributed by atoms with E-state index in [1.54, 1.807) is 0 Å². The number of hydrogen-bond donors (Lipinski definition) is 0. The van der Waals surface area contributed by atoms with Crippen LogP contribution in [0.3, 0.4) is 0 Å². The summed E-state index contributed by atoms with van der Waals surface area (Å²) in [6, 6.07) is 65.6. The molecule has 0 aliphatic rings. The fraction of sp³-hybridized carbons (Fsp3) is 0. The van der Waals surface area contributed by atoms with Crippen molar-refractivity contribution in [3.8, 4) is 28.2 Å². The molecule has 5 nitrogen and oxygen atoms in total. The Morgan fingerprint density at radius 2 is 1.05 bits per heavy atom. The zero-order valence-electron chi connectivity index (χ0n) is 29.7. The van der Waals surface area contributed by atoms with Crippen LogP contribution in [-0.4, -0.2) is 14.5 Å². The molecular weight excluding hydrogens is 673 g/mol. The van der Waals surface area contributed by atoms with Gasteiger partial charge in [0.05, 0.1) is 22.9 Å². The Balaban J connectivity index is 1.12. The predicted octanol–water partition coefficient (Wildman–Crippen LogP) is 13.4.